The van der Waals surface area contributed by atoms with Crippen LogP contribution < -0.4 is 10.1 Å². The first-order valence-electron chi connectivity index (χ1n) is 7.16. The van der Waals surface area contributed by atoms with E-state index in [9.17, 15) is 0 Å². The summed E-state index contributed by atoms with van der Waals surface area (Å²) in [5, 5.41) is 3.42. The number of hydrogen-bond donors (Lipinski definition) is 1. The van der Waals surface area contributed by atoms with Gasteiger partial charge in [0.1, 0.15) is 11.5 Å². The van der Waals surface area contributed by atoms with Gasteiger partial charge in [-0.1, -0.05) is 26.0 Å². The second-order valence-corrected chi connectivity index (χ2v) is 4.86. The Bertz CT molecular complexity index is 537. The predicted molar refractivity (Wildman–Crippen MR) is 82.2 cm³/mol. The highest BCUT2D eigenvalue weighted by atomic mass is 16.5. The Hall–Kier alpha value is -1.87. The Labute approximate surface area is 121 Å². The quantitative estimate of drug-likeness (QED) is 0.852. The Kier molecular flexibility index (Phi) is 5.13. The standard InChI is InChI=1S/C17H22N2O/c1-4-16(18-5-2)17-10-9-15(12-19-17)20-14-8-6-7-13(3)11-14/h6-12,16,18H,4-5H2,1-3H3. The topological polar surface area (TPSA) is 34.1 Å². The van der Waals surface area contributed by atoms with Crippen molar-refractivity contribution in [3.63, 3.8) is 0 Å². The largest absolute Gasteiger partial charge is 0.456 e. The van der Waals surface area contributed by atoms with Gasteiger partial charge >= 0.3 is 0 Å². The van der Waals surface area contributed by atoms with Crippen molar-refractivity contribution in [1.29, 1.82) is 0 Å². The lowest BCUT2D eigenvalue weighted by Crippen LogP contribution is -2.20. The lowest BCUT2D eigenvalue weighted by Gasteiger charge is -2.15. The zero-order valence-corrected chi connectivity index (χ0v) is 12.4. The molecule has 0 saturated heterocycles. The molecule has 0 saturated carbocycles. The summed E-state index contributed by atoms with van der Waals surface area (Å²) in [5.41, 5.74) is 2.25. The van der Waals surface area contributed by atoms with E-state index in [1.54, 1.807) is 6.20 Å². The van der Waals surface area contributed by atoms with E-state index in [4.69, 9.17) is 4.74 Å². The maximum atomic E-state index is 5.80. The molecule has 0 spiro atoms. The zero-order chi connectivity index (χ0) is 14.4. The molecule has 1 atom stereocenters. The second-order valence-electron chi connectivity index (χ2n) is 4.86. The minimum atomic E-state index is 0.313. The van der Waals surface area contributed by atoms with Crippen molar-refractivity contribution in [3.8, 4) is 11.5 Å². The molecule has 106 valence electrons. The van der Waals surface area contributed by atoms with E-state index in [1.165, 1.54) is 5.56 Å². The van der Waals surface area contributed by atoms with Crippen LogP contribution in [0.1, 0.15) is 37.6 Å². The Morgan fingerprint density at radius 1 is 1.15 bits per heavy atom. The molecule has 1 heterocycles. The third-order valence-electron chi connectivity index (χ3n) is 3.20. The third kappa shape index (κ3) is 3.81. The van der Waals surface area contributed by atoms with Crippen molar-refractivity contribution >= 4 is 0 Å². The molecule has 1 aromatic heterocycles. The van der Waals surface area contributed by atoms with E-state index in [-0.39, 0.29) is 0 Å². The van der Waals surface area contributed by atoms with Crippen molar-refractivity contribution in [1.82, 2.24) is 10.3 Å². The summed E-state index contributed by atoms with van der Waals surface area (Å²) < 4.78 is 5.80. The first-order chi connectivity index (χ1) is 9.72. The molecule has 3 heteroatoms. The van der Waals surface area contributed by atoms with E-state index in [0.29, 0.717) is 6.04 Å². The first-order valence-corrected chi connectivity index (χ1v) is 7.16. The van der Waals surface area contributed by atoms with Crippen molar-refractivity contribution < 1.29 is 4.74 Å². The molecule has 0 aliphatic carbocycles. The normalized spacial score (nSPS) is 12.2. The summed E-state index contributed by atoms with van der Waals surface area (Å²) >= 11 is 0. The Morgan fingerprint density at radius 2 is 2.00 bits per heavy atom. The van der Waals surface area contributed by atoms with E-state index in [0.717, 1.165) is 30.2 Å². The number of hydrogen-bond acceptors (Lipinski definition) is 3. The number of nitrogens with zero attached hydrogens (tertiary/aromatic N) is 1. The lowest BCUT2D eigenvalue weighted by molar-refractivity contribution is 0.475. The van der Waals surface area contributed by atoms with Crippen molar-refractivity contribution in [2.75, 3.05) is 6.54 Å². The average Bonchev–Trinajstić information content (AvgIpc) is 2.46. The molecule has 2 rings (SSSR count). The summed E-state index contributed by atoms with van der Waals surface area (Å²) in [5.74, 6) is 1.61. The number of aromatic nitrogens is 1. The molecule has 3 nitrogen and oxygen atoms in total. The number of nitrogens with one attached hydrogen (secondary N) is 1. The van der Waals surface area contributed by atoms with Crippen LogP contribution in [0.25, 0.3) is 0 Å². The fraction of sp³-hybridized carbons (Fsp3) is 0.353. The number of benzene rings is 1. The zero-order valence-electron chi connectivity index (χ0n) is 12.4. The molecule has 20 heavy (non-hydrogen) atoms. The molecule has 1 unspecified atom stereocenters. The van der Waals surface area contributed by atoms with E-state index < -0.39 is 0 Å². The maximum absolute atomic E-state index is 5.80. The van der Waals surface area contributed by atoms with Gasteiger partial charge in [0, 0.05) is 6.04 Å². The van der Waals surface area contributed by atoms with Crippen molar-refractivity contribution in [2.24, 2.45) is 0 Å². The summed E-state index contributed by atoms with van der Waals surface area (Å²) in [6.07, 6.45) is 2.82. The van der Waals surface area contributed by atoms with Gasteiger partial charge in [0.2, 0.25) is 0 Å². The van der Waals surface area contributed by atoms with Gasteiger partial charge in [-0.3, -0.25) is 4.98 Å². The molecule has 0 amide bonds. The van der Waals surface area contributed by atoms with Crippen LogP contribution in [0.15, 0.2) is 42.6 Å². The van der Waals surface area contributed by atoms with Gasteiger partial charge in [0.05, 0.1) is 11.9 Å². The molecule has 0 aliphatic heterocycles. The smallest absolute Gasteiger partial charge is 0.145 e. The fourth-order valence-electron chi connectivity index (χ4n) is 2.18. The number of aryl methyl sites for hydroxylation is 1. The number of rotatable bonds is 6. The summed E-state index contributed by atoms with van der Waals surface area (Å²) in [4.78, 5) is 4.50. The van der Waals surface area contributed by atoms with Gasteiger partial charge in [-0.05, 0) is 49.7 Å². The number of pyridine rings is 1. The van der Waals surface area contributed by atoms with E-state index in [1.807, 2.05) is 30.3 Å². The first kappa shape index (κ1) is 14.5. The molecule has 1 aromatic carbocycles. The minimum Gasteiger partial charge on any atom is -0.456 e. The van der Waals surface area contributed by atoms with Crippen molar-refractivity contribution in [2.45, 2.75) is 33.2 Å². The van der Waals surface area contributed by atoms with Gasteiger partial charge in [-0.15, -0.1) is 0 Å². The van der Waals surface area contributed by atoms with Crippen LogP contribution in [0.3, 0.4) is 0 Å². The lowest BCUT2D eigenvalue weighted by atomic mass is 10.1. The minimum absolute atomic E-state index is 0.313. The molecule has 1 N–H and O–H groups in total. The fourth-order valence-corrected chi connectivity index (χ4v) is 2.18. The van der Waals surface area contributed by atoms with E-state index in [2.05, 4.69) is 37.1 Å². The Balaban J connectivity index is 2.08. The molecular weight excluding hydrogens is 248 g/mol. The summed E-state index contributed by atoms with van der Waals surface area (Å²) in [6.45, 7) is 7.27. The molecule has 2 aromatic rings. The molecule has 0 radical (unpaired) electrons. The van der Waals surface area contributed by atoms with Crippen molar-refractivity contribution in [3.05, 3.63) is 53.9 Å². The van der Waals surface area contributed by atoms with Gasteiger partial charge in [0.15, 0.2) is 0 Å². The molecular formula is C17H22N2O. The van der Waals surface area contributed by atoms with E-state index >= 15 is 0 Å². The molecule has 0 aliphatic rings. The van der Waals surface area contributed by atoms with Gasteiger partial charge in [-0.25, -0.2) is 0 Å². The van der Waals surface area contributed by atoms with Gasteiger partial charge in [0.25, 0.3) is 0 Å². The van der Waals surface area contributed by atoms with Crippen LogP contribution in [0.5, 0.6) is 11.5 Å². The van der Waals surface area contributed by atoms with Gasteiger partial charge in [-0.2, -0.15) is 0 Å². The van der Waals surface area contributed by atoms with Crippen LogP contribution in [0, 0.1) is 6.92 Å². The summed E-state index contributed by atoms with van der Waals surface area (Å²) in [6, 6.07) is 12.3. The SMILES string of the molecule is CCNC(CC)c1ccc(Oc2cccc(C)c2)cn1. The number of ether oxygens (including phenoxy) is 1. The highest BCUT2D eigenvalue weighted by Gasteiger charge is 2.09. The highest BCUT2D eigenvalue weighted by Crippen LogP contribution is 2.23. The molecule has 0 bridgehead atoms. The van der Waals surface area contributed by atoms with Gasteiger partial charge < -0.3 is 10.1 Å². The maximum Gasteiger partial charge on any atom is 0.145 e. The molecule has 0 fully saturated rings. The van der Waals surface area contributed by atoms with Crippen LogP contribution in [-0.4, -0.2) is 11.5 Å². The third-order valence-corrected chi connectivity index (χ3v) is 3.20. The monoisotopic (exact) mass is 270 g/mol. The van der Waals surface area contributed by atoms with Crippen LogP contribution in [0.2, 0.25) is 0 Å². The summed E-state index contributed by atoms with van der Waals surface area (Å²) in [7, 11) is 0. The second kappa shape index (κ2) is 7.06. The highest BCUT2D eigenvalue weighted by molar-refractivity contribution is 5.33. The van der Waals surface area contributed by atoms with Crippen LogP contribution in [0.4, 0.5) is 0 Å². The average molecular weight is 270 g/mol. The van der Waals surface area contributed by atoms with Crippen LogP contribution in [-0.2, 0) is 0 Å². The Morgan fingerprint density at radius 3 is 2.60 bits per heavy atom. The van der Waals surface area contributed by atoms with Crippen LogP contribution >= 0.6 is 0 Å². The predicted octanol–water partition coefficient (Wildman–Crippen LogP) is 4.24.